The lowest BCUT2D eigenvalue weighted by Crippen LogP contribution is -2.56. The van der Waals surface area contributed by atoms with Gasteiger partial charge in [0.2, 0.25) is 11.8 Å². The van der Waals surface area contributed by atoms with Crippen LogP contribution in [0.3, 0.4) is 0 Å². The van der Waals surface area contributed by atoms with Crippen LogP contribution >= 0.6 is 23.2 Å². The van der Waals surface area contributed by atoms with Crippen LogP contribution in [-0.4, -0.2) is 43.3 Å². The molecule has 0 radical (unpaired) electrons. The molecule has 0 saturated heterocycles. The van der Waals surface area contributed by atoms with Gasteiger partial charge >= 0.3 is 0 Å². The van der Waals surface area contributed by atoms with Crippen molar-refractivity contribution in [3.05, 3.63) is 130 Å². The molecule has 0 heterocycles. The van der Waals surface area contributed by atoms with Gasteiger partial charge in [-0.15, -0.1) is 0 Å². The van der Waals surface area contributed by atoms with Crippen LogP contribution in [-0.2, 0) is 32.6 Å². The predicted molar refractivity (Wildman–Crippen MR) is 176 cm³/mol. The maximum atomic E-state index is 14.4. The van der Waals surface area contributed by atoms with Crippen LogP contribution in [0.1, 0.15) is 31.9 Å². The molecule has 0 aromatic heterocycles. The highest BCUT2D eigenvalue weighted by atomic mass is 35.5. The SMILES string of the molecule is CC(C)(C)NC(=O)C(Cc1ccccc1)N(Cc1ccc(Cl)cc1)C(=O)CN(c1ccc(Cl)cc1)S(=O)(=O)c1ccccc1. The Labute approximate surface area is 269 Å². The molecule has 0 bridgehead atoms. The first-order valence-electron chi connectivity index (χ1n) is 14.1. The number of anilines is 1. The van der Waals surface area contributed by atoms with Crippen LogP contribution in [0.5, 0.6) is 0 Å². The Balaban J connectivity index is 1.80. The number of sulfonamides is 1. The normalized spacial score (nSPS) is 12.3. The molecule has 0 spiro atoms. The molecule has 44 heavy (non-hydrogen) atoms. The van der Waals surface area contributed by atoms with Crippen LogP contribution in [0.25, 0.3) is 0 Å². The van der Waals surface area contributed by atoms with Crippen molar-refractivity contribution in [1.29, 1.82) is 0 Å². The molecule has 1 atom stereocenters. The summed E-state index contributed by atoms with van der Waals surface area (Å²) in [6.07, 6.45) is 0.217. The van der Waals surface area contributed by atoms with Crippen molar-refractivity contribution in [3.63, 3.8) is 0 Å². The minimum atomic E-state index is -4.18. The van der Waals surface area contributed by atoms with E-state index in [2.05, 4.69) is 5.32 Å². The molecular formula is C34H35Cl2N3O4S. The van der Waals surface area contributed by atoms with Crippen molar-refractivity contribution in [1.82, 2.24) is 10.2 Å². The van der Waals surface area contributed by atoms with E-state index in [9.17, 15) is 18.0 Å². The minimum Gasteiger partial charge on any atom is -0.350 e. The highest BCUT2D eigenvalue weighted by Gasteiger charge is 2.35. The molecule has 0 aliphatic rings. The lowest BCUT2D eigenvalue weighted by molar-refractivity contribution is -0.140. The largest absolute Gasteiger partial charge is 0.350 e. The number of rotatable bonds is 11. The lowest BCUT2D eigenvalue weighted by atomic mass is 10.0. The first-order valence-corrected chi connectivity index (χ1v) is 16.3. The van der Waals surface area contributed by atoms with Crippen molar-refractivity contribution in [3.8, 4) is 0 Å². The van der Waals surface area contributed by atoms with Crippen molar-refractivity contribution in [2.24, 2.45) is 0 Å². The molecule has 1 N–H and O–H groups in total. The number of nitrogens with zero attached hydrogens (tertiary/aromatic N) is 2. The van der Waals surface area contributed by atoms with Crippen molar-refractivity contribution in [2.75, 3.05) is 10.8 Å². The summed E-state index contributed by atoms with van der Waals surface area (Å²) >= 11 is 12.2. The molecule has 1 unspecified atom stereocenters. The van der Waals surface area contributed by atoms with E-state index in [1.165, 1.54) is 17.0 Å². The molecule has 0 saturated carbocycles. The zero-order valence-electron chi connectivity index (χ0n) is 24.8. The van der Waals surface area contributed by atoms with Gasteiger partial charge in [-0.2, -0.15) is 0 Å². The quantitative estimate of drug-likeness (QED) is 0.194. The average Bonchev–Trinajstić information content (AvgIpc) is 2.99. The van der Waals surface area contributed by atoms with Crippen LogP contribution in [0.2, 0.25) is 10.0 Å². The molecule has 4 aromatic carbocycles. The molecule has 10 heteroatoms. The Hall–Kier alpha value is -3.85. The van der Waals surface area contributed by atoms with Crippen LogP contribution < -0.4 is 9.62 Å². The van der Waals surface area contributed by atoms with Crippen molar-refractivity contribution in [2.45, 2.75) is 50.2 Å². The smallest absolute Gasteiger partial charge is 0.264 e. The fourth-order valence-corrected chi connectivity index (χ4v) is 6.34. The zero-order valence-corrected chi connectivity index (χ0v) is 27.1. The number of hydrogen-bond acceptors (Lipinski definition) is 4. The van der Waals surface area contributed by atoms with Gasteiger partial charge in [-0.1, -0.05) is 83.9 Å². The lowest BCUT2D eigenvalue weighted by Gasteiger charge is -2.35. The van der Waals surface area contributed by atoms with Crippen LogP contribution in [0, 0.1) is 0 Å². The van der Waals surface area contributed by atoms with Gasteiger partial charge in [-0.3, -0.25) is 13.9 Å². The van der Waals surface area contributed by atoms with Crippen molar-refractivity contribution >= 4 is 50.7 Å². The van der Waals surface area contributed by atoms with Crippen LogP contribution in [0.4, 0.5) is 5.69 Å². The summed E-state index contributed by atoms with van der Waals surface area (Å²) in [4.78, 5) is 29.8. The van der Waals surface area contributed by atoms with Gasteiger partial charge in [0.15, 0.2) is 0 Å². The maximum Gasteiger partial charge on any atom is 0.264 e. The van der Waals surface area contributed by atoms with Gasteiger partial charge in [-0.25, -0.2) is 8.42 Å². The minimum absolute atomic E-state index is 0.0262. The summed E-state index contributed by atoms with van der Waals surface area (Å²) in [7, 11) is -4.18. The summed E-state index contributed by atoms with van der Waals surface area (Å²) in [5, 5.41) is 3.96. The molecule has 0 aliphatic carbocycles. The maximum absolute atomic E-state index is 14.4. The fourth-order valence-electron chi connectivity index (χ4n) is 4.65. The first-order chi connectivity index (χ1) is 20.8. The third-order valence-corrected chi connectivity index (χ3v) is 9.05. The topological polar surface area (TPSA) is 86.8 Å². The average molecular weight is 653 g/mol. The van der Waals surface area contributed by atoms with Gasteiger partial charge in [0.1, 0.15) is 12.6 Å². The summed E-state index contributed by atoms with van der Waals surface area (Å²) in [6.45, 7) is 5.09. The first kappa shape index (κ1) is 33.1. The molecule has 4 aromatic rings. The Morgan fingerprint density at radius 1 is 0.750 bits per heavy atom. The summed E-state index contributed by atoms with van der Waals surface area (Å²) in [6, 6.07) is 29.6. The van der Waals surface area contributed by atoms with E-state index in [0.29, 0.717) is 10.0 Å². The number of benzene rings is 4. The van der Waals surface area contributed by atoms with E-state index < -0.39 is 34.1 Å². The third-order valence-electron chi connectivity index (χ3n) is 6.76. The van der Waals surface area contributed by atoms with E-state index in [1.54, 1.807) is 66.7 Å². The van der Waals surface area contributed by atoms with Gasteiger partial charge in [0.05, 0.1) is 10.6 Å². The van der Waals surface area contributed by atoms with E-state index in [0.717, 1.165) is 15.4 Å². The van der Waals surface area contributed by atoms with E-state index in [4.69, 9.17) is 23.2 Å². The molecule has 7 nitrogen and oxygen atoms in total. The summed E-state index contributed by atoms with van der Waals surface area (Å²) < 4.78 is 29.0. The molecule has 0 fully saturated rings. The highest BCUT2D eigenvalue weighted by molar-refractivity contribution is 7.92. The summed E-state index contributed by atoms with van der Waals surface area (Å²) in [5.74, 6) is -0.910. The number of nitrogens with one attached hydrogen (secondary N) is 1. The van der Waals surface area contributed by atoms with Gasteiger partial charge in [0.25, 0.3) is 10.0 Å². The molecule has 4 rings (SSSR count). The van der Waals surface area contributed by atoms with Gasteiger partial charge in [0, 0.05) is 28.5 Å². The van der Waals surface area contributed by atoms with E-state index >= 15 is 0 Å². The summed E-state index contributed by atoms with van der Waals surface area (Å²) in [5.41, 5.74) is 1.26. The fraction of sp³-hybridized carbons (Fsp3) is 0.235. The van der Waals surface area contributed by atoms with Crippen molar-refractivity contribution < 1.29 is 18.0 Å². The number of amides is 2. The standard InChI is InChI=1S/C34H35Cl2N3O4S/c1-34(2,3)37-33(41)31(22-25-10-6-4-7-11-25)38(23-26-14-16-27(35)17-15-26)32(40)24-39(29-20-18-28(36)19-21-29)44(42,43)30-12-8-5-9-13-30/h4-21,31H,22-24H2,1-3H3,(H,37,41). The number of halogens is 2. The Morgan fingerprint density at radius 2 is 1.27 bits per heavy atom. The number of carbonyl (C=O) groups excluding carboxylic acids is 2. The Morgan fingerprint density at radius 3 is 1.82 bits per heavy atom. The highest BCUT2D eigenvalue weighted by Crippen LogP contribution is 2.26. The number of hydrogen-bond donors (Lipinski definition) is 1. The van der Waals surface area contributed by atoms with Gasteiger partial charge in [-0.05, 0) is 80.4 Å². The Bertz CT molecular complexity index is 1660. The third kappa shape index (κ3) is 8.85. The molecule has 0 aliphatic heterocycles. The van der Waals surface area contributed by atoms with E-state index in [-0.39, 0.29) is 29.5 Å². The predicted octanol–water partition coefficient (Wildman–Crippen LogP) is 6.74. The molecule has 230 valence electrons. The second-order valence-corrected chi connectivity index (χ2v) is 14.1. The number of carbonyl (C=O) groups is 2. The molecule has 2 amide bonds. The monoisotopic (exact) mass is 651 g/mol. The zero-order chi connectivity index (χ0) is 31.9. The van der Waals surface area contributed by atoms with Gasteiger partial charge < -0.3 is 10.2 Å². The molecular weight excluding hydrogens is 617 g/mol. The second-order valence-electron chi connectivity index (χ2n) is 11.4. The van der Waals surface area contributed by atoms with E-state index in [1.807, 2.05) is 51.1 Å². The second kappa shape index (κ2) is 14.3. The Kier molecular flexibility index (Phi) is 10.7. The van der Waals surface area contributed by atoms with Crippen LogP contribution in [0.15, 0.2) is 114 Å².